The summed E-state index contributed by atoms with van der Waals surface area (Å²) < 4.78 is 34.2. The number of sulfonamides is 1. The molecule has 1 N–H and O–H groups in total. The Morgan fingerprint density at radius 1 is 0.976 bits per heavy atom. The number of benzene rings is 3. The van der Waals surface area contributed by atoms with Crippen molar-refractivity contribution in [3.63, 3.8) is 0 Å². The van der Waals surface area contributed by atoms with E-state index in [9.17, 15) is 18.0 Å². The molecule has 8 nitrogen and oxygen atoms in total. The zero-order valence-corrected chi connectivity index (χ0v) is 26.2. The molecule has 0 radical (unpaired) electrons. The molecule has 0 heterocycles. The number of hydrogen-bond acceptors (Lipinski definition) is 5. The van der Waals surface area contributed by atoms with Crippen LogP contribution in [-0.4, -0.2) is 50.9 Å². The minimum atomic E-state index is -4.20. The number of hydrogen-bond donors (Lipinski definition) is 1. The molecule has 0 aliphatic heterocycles. The van der Waals surface area contributed by atoms with E-state index >= 15 is 0 Å². The predicted octanol–water partition coefficient (Wildman–Crippen LogP) is 5.98. The van der Waals surface area contributed by atoms with E-state index in [-0.39, 0.29) is 23.4 Å². The third-order valence-corrected chi connectivity index (χ3v) is 10.0. The van der Waals surface area contributed by atoms with Crippen LogP contribution in [0.1, 0.15) is 43.7 Å². The molecular weight excluding hydrogens is 597 g/mol. The molecule has 0 saturated heterocycles. The van der Waals surface area contributed by atoms with Crippen LogP contribution in [0.25, 0.3) is 0 Å². The van der Waals surface area contributed by atoms with Gasteiger partial charge in [0.15, 0.2) is 0 Å². The van der Waals surface area contributed by atoms with E-state index in [1.807, 2.05) is 6.92 Å². The van der Waals surface area contributed by atoms with Gasteiger partial charge in [-0.15, -0.1) is 0 Å². The zero-order valence-electron chi connectivity index (χ0n) is 23.8. The summed E-state index contributed by atoms with van der Waals surface area (Å²) in [7, 11) is -2.71. The molecule has 1 aliphatic carbocycles. The lowest BCUT2D eigenvalue weighted by molar-refractivity contribution is -0.139. The molecule has 1 fully saturated rings. The summed E-state index contributed by atoms with van der Waals surface area (Å²) in [5.41, 5.74) is 1.71. The Morgan fingerprint density at radius 2 is 1.57 bits per heavy atom. The zero-order chi connectivity index (χ0) is 30.4. The van der Waals surface area contributed by atoms with Gasteiger partial charge in [-0.2, -0.15) is 0 Å². The van der Waals surface area contributed by atoms with Crippen LogP contribution in [0, 0.1) is 6.92 Å². The van der Waals surface area contributed by atoms with Crippen LogP contribution in [0.3, 0.4) is 0 Å². The topological polar surface area (TPSA) is 96.0 Å². The first-order valence-corrected chi connectivity index (χ1v) is 16.0. The molecular formula is C31H35Cl2N3O5S. The minimum Gasteiger partial charge on any atom is -0.497 e. The summed E-state index contributed by atoms with van der Waals surface area (Å²) in [4.78, 5) is 28.8. The lowest BCUT2D eigenvalue weighted by atomic mass is 10.1. The number of carbonyl (C=O) groups is 2. The van der Waals surface area contributed by atoms with E-state index in [0.717, 1.165) is 35.6 Å². The molecule has 3 aromatic rings. The lowest BCUT2D eigenvalue weighted by Crippen LogP contribution is -2.52. The van der Waals surface area contributed by atoms with Gasteiger partial charge in [0.05, 0.1) is 17.7 Å². The van der Waals surface area contributed by atoms with E-state index < -0.39 is 28.5 Å². The largest absolute Gasteiger partial charge is 0.497 e. The van der Waals surface area contributed by atoms with Crippen molar-refractivity contribution < 1.29 is 22.7 Å². The van der Waals surface area contributed by atoms with Crippen LogP contribution in [0.2, 0.25) is 10.0 Å². The second-order valence-electron chi connectivity index (χ2n) is 10.4. The van der Waals surface area contributed by atoms with E-state index in [2.05, 4.69) is 5.32 Å². The SMILES string of the molecule is COc1ccc(S(=O)(=O)N(CC(=O)N(Cc2c(Cl)cccc2Cl)[C@H](C)C(=O)NC2CCCC2)c2ccc(C)cc2)cc1. The van der Waals surface area contributed by atoms with Gasteiger partial charge < -0.3 is 15.0 Å². The molecule has 224 valence electrons. The molecule has 0 spiro atoms. The Bertz CT molecular complexity index is 1490. The van der Waals surface area contributed by atoms with Crippen molar-refractivity contribution in [2.45, 2.75) is 63.1 Å². The molecule has 42 heavy (non-hydrogen) atoms. The Labute approximate surface area is 257 Å². The van der Waals surface area contributed by atoms with Crippen molar-refractivity contribution in [3.8, 4) is 5.75 Å². The molecule has 0 bridgehead atoms. The first-order chi connectivity index (χ1) is 20.0. The van der Waals surface area contributed by atoms with E-state index in [0.29, 0.717) is 27.0 Å². The summed E-state index contributed by atoms with van der Waals surface area (Å²) in [6, 6.07) is 16.9. The number of nitrogens with zero attached hydrogens (tertiary/aromatic N) is 2. The summed E-state index contributed by atoms with van der Waals surface area (Å²) in [6.45, 7) is 2.87. The quantitative estimate of drug-likeness (QED) is 0.281. The van der Waals surface area contributed by atoms with Gasteiger partial charge in [0.25, 0.3) is 10.0 Å². The molecule has 1 saturated carbocycles. The van der Waals surface area contributed by atoms with E-state index in [1.54, 1.807) is 61.5 Å². The van der Waals surface area contributed by atoms with Crippen LogP contribution in [0.4, 0.5) is 5.69 Å². The third kappa shape index (κ3) is 7.38. The molecule has 4 rings (SSSR count). The molecule has 11 heteroatoms. The average Bonchev–Trinajstić information content (AvgIpc) is 3.49. The fourth-order valence-corrected chi connectivity index (χ4v) is 6.87. The fourth-order valence-electron chi connectivity index (χ4n) is 4.94. The normalized spacial score (nSPS) is 14.3. The Kier molecular flexibility index (Phi) is 10.4. The van der Waals surface area contributed by atoms with Crippen molar-refractivity contribution in [1.29, 1.82) is 0 Å². The number of nitrogens with one attached hydrogen (secondary N) is 1. The number of anilines is 1. The standard InChI is InChI=1S/C31H35Cl2N3O5S/c1-21-11-13-24(14-12-21)36(42(39,40)26-17-15-25(41-3)16-18-26)20-30(37)35(19-27-28(32)9-6-10-29(27)33)22(2)31(38)34-23-7-4-5-8-23/h6,9-18,22-23H,4-5,7-8,19-20H2,1-3H3,(H,34,38)/t22-/m1/s1. The first-order valence-electron chi connectivity index (χ1n) is 13.8. The van der Waals surface area contributed by atoms with Gasteiger partial charge in [0.2, 0.25) is 11.8 Å². The van der Waals surface area contributed by atoms with E-state index in [4.69, 9.17) is 27.9 Å². The summed E-state index contributed by atoms with van der Waals surface area (Å²) in [6.07, 6.45) is 3.83. The highest BCUT2D eigenvalue weighted by Crippen LogP contribution is 2.29. The highest BCUT2D eigenvalue weighted by Gasteiger charge is 2.34. The number of ether oxygens (including phenoxy) is 1. The Morgan fingerprint density at radius 3 is 2.14 bits per heavy atom. The fraction of sp³-hybridized carbons (Fsp3) is 0.355. The first kappa shape index (κ1) is 31.7. The van der Waals surface area contributed by atoms with Gasteiger partial charge in [-0.05, 0) is 75.2 Å². The van der Waals surface area contributed by atoms with Gasteiger partial charge in [0, 0.05) is 28.2 Å². The third-order valence-electron chi connectivity index (χ3n) is 7.51. The number of aryl methyl sites for hydroxylation is 1. The van der Waals surface area contributed by atoms with Gasteiger partial charge in [-0.25, -0.2) is 8.42 Å². The molecule has 2 amide bonds. The van der Waals surface area contributed by atoms with Crippen molar-refractivity contribution in [3.05, 3.63) is 87.9 Å². The molecule has 1 aliphatic rings. The predicted molar refractivity (Wildman–Crippen MR) is 166 cm³/mol. The van der Waals surface area contributed by atoms with Crippen LogP contribution in [-0.2, 0) is 26.2 Å². The van der Waals surface area contributed by atoms with Crippen LogP contribution >= 0.6 is 23.2 Å². The maximum atomic E-state index is 14.1. The van der Waals surface area contributed by atoms with Crippen LogP contribution < -0.4 is 14.4 Å². The number of methoxy groups -OCH3 is 1. The second-order valence-corrected chi connectivity index (χ2v) is 13.1. The summed E-state index contributed by atoms with van der Waals surface area (Å²) >= 11 is 12.9. The highest BCUT2D eigenvalue weighted by atomic mass is 35.5. The number of amides is 2. The van der Waals surface area contributed by atoms with Crippen molar-refractivity contribution in [2.24, 2.45) is 0 Å². The molecule has 1 atom stereocenters. The Balaban J connectivity index is 1.71. The van der Waals surface area contributed by atoms with Gasteiger partial charge in [-0.1, -0.05) is 59.8 Å². The highest BCUT2D eigenvalue weighted by molar-refractivity contribution is 7.92. The smallest absolute Gasteiger partial charge is 0.264 e. The second kappa shape index (κ2) is 13.8. The Hall–Kier alpha value is -3.27. The van der Waals surface area contributed by atoms with Gasteiger partial charge >= 0.3 is 0 Å². The van der Waals surface area contributed by atoms with E-state index in [1.165, 1.54) is 24.1 Å². The lowest BCUT2D eigenvalue weighted by Gasteiger charge is -2.33. The molecule has 0 aromatic heterocycles. The van der Waals surface area contributed by atoms with Crippen molar-refractivity contribution >= 4 is 50.7 Å². The minimum absolute atomic E-state index is 0.00982. The van der Waals surface area contributed by atoms with Crippen molar-refractivity contribution in [1.82, 2.24) is 10.2 Å². The van der Waals surface area contributed by atoms with Crippen LogP contribution in [0.15, 0.2) is 71.6 Å². The maximum absolute atomic E-state index is 14.1. The number of carbonyl (C=O) groups excluding carboxylic acids is 2. The number of halogens is 2. The van der Waals surface area contributed by atoms with Crippen molar-refractivity contribution in [2.75, 3.05) is 18.0 Å². The molecule has 3 aromatic carbocycles. The number of rotatable bonds is 11. The maximum Gasteiger partial charge on any atom is 0.264 e. The van der Waals surface area contributed by atoms with Crippen LogP contribution in [0.5, 0.6) is 5.75 Å². The average molecular weight is 633 g/mol. The summed E-state index contributed by atoms with van der Waals surface area (Å²) in [5, 5.41) is 3.72. The van der Waals surface area contributed by atoms with Gasteiger partial charge in [-0.3, -0.25) is 13.9 Å². The monoisotopic (exact) mass is 631 g/mol. The summed E-state index contributed by atoms with van der Waals surface area (Å²) in [5.74, 6) is -0.409. The molecule has 0 unspecified atom stereocenters. The van der Waals surface area contributed by atoms with Gasteiger partial charge in [0.1, 0.15) is 18.3 Å².